The molecule has 2 aromatic carbocycles. The molecule has 0 N–H and O–H groups in total. The SMILES string of the molecule is CCOc1ccc(Cc2cc(I)ccc2C)cc1. The summed E-state index contributed by atoms with van der Waals surface area (Å²) in [6, 6.07) is 15.0. The van der Waals surface area contributed by atoms with Gasteiger partial charge in [-0.25, -0.2) is 0 Å². The van der Waals surface area contributed by atoms with E-state index in [9.17, 15) is 0 Å². The van der Waals surface area contributed by atoms with Crippen molar-refractivity contribution in [2.75, 3.05) is 6.61 Å². The van der Waals surface area contributed by atoms with Gasteiger partial charge in [-0.3, -0.25) is 0 Å². The van der Waals surface area contributed by atoms with E-state index in [1.807, 2.05) is 19.1 Å². The van der Waals surface area contributed by atoms with Crippen LogP contribution in [0.3, 0.4) is 0 Å². The Bertz CT molecular complexity index is 517. The fraction of sp³-hybridized carbons (Fsp3) is 0.250. The third kappa shape index (κ3) is 3.48. The van der Waals surface area contributed by atoms with E-state index < -0.39 is 0 Å². The molecular weight excluding hydrogens is 335 g/mol. The average Bonchev–Trinajstić information content (AvgIpc) is 2.37. The summed E-state index contributed by atoms with van der Waals surface area (Å²) < 4.78 is 6.74. The Hall–Kier alpha value is -1.03. The monoisotopic (exact) mass is 352 g/mol. The minimum Gasteiger partial charge on any atom is -0.494 e. The van der Waals surface area contributed by atoms with E-state index in [1.165, 1.54) is 20.3 Å². The number of rotatable bonds is 4. The number of hydrogen-bond donors (Lipinski definition) is 0. The van der Waals surface area contributed by atoms with E-state index in [4.69, 9.17) is 4.74 Å². The molecule has 0 atom stereocenters. The molecule has 0 saturated heterocycles. The van der Waals surface area contributed by atoms with Crippen LogP contribution in [0.2, 0.25) is 0 Å². The maximum atomic E-state index is 5.45. The maximum Gasteiger partial charge on any atom is 0.119 e. The third-order valence-corrected chi connectivity index (χ3v) is 3.61. The van der Waals surface area contributed by atoms with E-state index in [0.29, 0.717) is 0 Å². The van der Waals surface area contributed by atoms with Gasteiger partial charge in [0.1, 0.15) is 5.75 Å². The molecule has 2 rings (SSSR count). The van der Waals surface area contributed by atoms with Crippen LogP contribution in [0.5, 0.6) is 5.75 Å². The van der Waals surface area contributed by atoms with E-state index in [-0.39, 0.29) is 0 Å². The average molecular weight is 352 g/mol. The van der Waals surface area contributed by atoms with Gasteiger partial charge in [0.25, 0.3) is 0 Å². The van der Waals surface area contributed by atoms with Crippen molar-refractivity contribution in [2.45, 2.75) is 20.3 Å². The van der Waals surface area contributed by atoms with Crippen LogP contribution in [0.25, 0.3) is 0 Å². The van der Waals surface area contributed by atoms with Crippen LogP contribution >= 0.6 is 22.6 Å². The van der Waals surface area contributed by atoms with Gasteiger partial charge in [0.05, 0.1) is 6.61 Å². The molecule has 0 unspecified atom stereocenters. The summed E-state index contributed by atoms with van der Waals surface area (Å²) in [6.45, 7) is 4.89. The van der Waals surface area contributed by atoms with Crippen LogP contribution in [0.4, 0.5) is 0 Å². The topological polar surface area (TPSA) is 9.23 Å². The van der Waals surface area contributed by atoms with E-state index in [0.717, 1.165) is 18.8 Å². The molecule has 0 aromatic heterocycles. The molecule has 94 valence electrons. The molecule has 0 bridgehead atoms. The lowest BCUT2D eigenvalue weighted by molar-refractivity contribution is 0.340. The first-order valence-corrected chi connectivity index (χ1v) is 7.23. The molecular formula is C16H17IO. The largest absolute Gasteiger partial charge is 0.494 e. The van der Waals surface area contributed by atoms with Gasteiger partial charge in [-0.1, -0.05) is 18.2 Å². The zero-order valence-corrected chi connectivity index (χ0v) is 12.9. The van der Waals surface area contributed by atoms with Gasteiger partial charge in [0.15, 0.2) is 0 Å². The highest BCUT2D eigenvalue weighted by atomic mass is 127. The Balaban J connectivity index is 2.15. The van der Waals surface area contributed by atoms with E-state index >= 15 is 0 Å². The van der Waals surface area contributed by atoms with Gasteiger partial charge in [-0.2, -0.15) is 0 Å². The van der Waals surface area contributed by atoms with Gasteiger partial charge in [-0.15, -0.1) is 0 Å². The quantitative estimate of drug-likeness (QED) is 0.732. The van der Waals surface area contributed by atoms with Crippen molar-refractivity contribution < 1.29 is 4.74 Å². The number of aryl methyl sites for hydroxylation is 1. The van der Waals surface area contributed by atoms with Gasteiger partial charge in [-0.05, 0) is 83.8 Å². The Morgan fingerprint density at radius 2 is 1.78 bits per heavy atom. The molecule has 0 spiro atoms. The maximum absolute atomic E-state index is 5.45. The smallest absolute Gasteiger partial charge is 0.119 e. The molecule has 2 heteroatoms. The minimum absolute atomic E-state index is 0.718. The molecule has 0 saturated carbocycles. The van der Waals surface area contributed by atoms with Crippen LogP contribution in [0.15, 0.2) is 42.5 Å². The molecule has 2 aromatic rings. The van der Waals surface area contributed by atoms with Gasteiger partial charge in [0, 0.05) is 3.57 Å². The first kappa shape index (κ1) is 13.4. The van der Waals surface area contributed by atoms with Crippen molar-refractivity contribution in [1.29, 1.82) is 0 Å². The summed E-state index contributed by atoms with van der Waals surface area (Å²) >= 11 is 2.36. The van der Waals surface area contributed by atoms with Crippen molar-refractivity contribution in [3.63, 3.8) is 0 Å². The van der Waals surface area contributed by atoms with Crippen LogP contribution in [-0.4, -0.2) is 6.61 Å². The molecule has 1 nitrogen and oxygen atoms in total. The fourth-order valence-corrected chi connectivity index (χ4v) is 2.48. The lowest BCUT2D eigenvalue weighted by atomic mass is 10.0. The number of hydrogen-bond acceptors (Lipinski definition) is 1. The van der Waals surface area contributed by atoms with Gasteiger partial charge >= 0.3 is 0 Å². The zero-order valence-electron chi connectivity index (χ0n) is 10.7. The van der Waals surface area contributed by atoms with Crippen LogP contribution < -0.4 is 4.74 Å². The summed E-state index contributed by atoms with van der Waals surface area (Å²) in [4.78, 5) is 0. The summed E-state index contributed by atoms with van der Waals surface area (Å²) in [5.74, 6) is 0.945. The molecule has 0 heterocycles. The van der Waals surface area contributed by atoms with E-state index in [1.54, 1.807) is 0 Å². The molecule has 0 radical (unpaired) electrons. The lowest BCUT2D eigenvalue weighted by Gasteiger charge is -2.08. The third-order valence-electron chi connectivity index (χ3n) is 2.94. The highest BCUT2D eigenvalue weighted by Crippen LogP contribution is 2.19. The van der Waals surface area contributed by atoms with Crippen LogP contribution in [0, 0.1) is 10.5 Å². The highest BCUT2D eigenvalue weighted by molar-refractivity contribution is 14.1. The van der Waals surface area contributed by atoms with Crippen molar-refractivity contribution in [3.05, 3.63) is 62.7 Å². The predicted octanol–water partition coefficient (Wildman–Crippen LogP) is 4.59. The summed E-state index contributed by atoms with van der Waals surface area (Å²) in [6.07, 6.45) is 0.981. The van der Waals surface area contributed by atoms with Gasteiger partial charge < -0.3 is 4.74 Å². The Labute approximate surface area is 122 Å². The highest BCUT2D eigenvalue weighted by Gasteiger charge is 2.02. The molecule has 0 aliphatic carbocycles. The minimum atomic E-state index is 0.718. The van der Waals surface area contributed by atoms with Crippen molar-refractivity contribution >= 4 is 22.6 Å². The van der Waals surface area contributed by atoms with Crippen LogP contribution in [-0.2, 0) is 6.42 Å². The second-order valence-corrected chi connectivity index (χ2v) is 5.57. The normalized spacial score (nSPS) is 10.4. The van der Waals surface area contributed by atoms with Crippen LogP contribution in [0.1, 0.15) is 23.6 Å². The standard InChI is InChI=1S/C16H17IO/c1-3-18-16-8-5-13(6-9-16)10-14-11-15(17)7-4-12(14)2/h4-9,11H,3,10H2,1-2H3. The van der Waals surface area contributed by atoms with Gasteiger partial charge in [0.2, 0.25) is 0 Å². The fourth-order valence-electron chi connectivity index (χ4n) is 1.92. The summed E-state index contributed by atoms with van der Waals surface area (Å²) in [7, 11) is 0. The number of benzene rings is 2. The molecule has 0 aliphatic heterocycles. The molecule has 0 aliphatic rings. The second-order valence-electron chi connectivity index (χ2n) is 4.32. The Morgan fingerprint density at radius 3 is 2.44 bits per heavy atom. The number of ether oxygens (including phenoxy) is 1. The summed E-state index contributed by atoms with van der Waals surface area (Å²) in [5.41, 5.74) is 4.07. The first-order valence-electron chi connectivity index (χ1n) is 6.16. The molecule has 0 fully saturated rings. The summed E-state index contributed by atoms with van der Waals surface area (Å²) in [5, 5.41) is 0. The Kier molecular flexibility index (Phi) is 4.64. The van der Waals surface area contributed by atoms with Crippen molar-refractivity contribution in [1.82, 2.24) is 0 Å². The molecule has 18 heavy (non-hydrogen) atoms. The zero-order chi connectivity index (χ0) is 13.0. The predicted molar refractivity (Wildman–Crippen MR) is 84.3 cm³/mol. The van der Waals surface area contributed by atoms with Crippen molar-refractivity contribution in [3.8, 4) is 5.75 Å². The Morgan fingerprint density at radius 1 is 1.06 bits per heavy atom. The second kappa shape index (κ2) is 6.23. The van der Waals surface area contributed by atoms with Crippen molar-refractivity contribution in [2.24, 2.45) is 0 Å². The van der Waals surface area contributed by atoms with E-state index in [2.05, 4.69) is 59.8 Å². The lowest BCUT2D eigenvalue weighted by Crippen LogP contribution is -1.94. The first-order chi connectivity index (χ1) is 8.69. The molecule has 0 amide bonds. The number of halogens is 1.